The van der Waals surface area contributed by atoms with Gasteiger partial charge in [-0.25, -0.2) is 8.42 Å². The van der Waals surface area contributed by atoms with Crippen LogP contribution in [0.3, 0.4) is 0 Å². The second-order valence-corrected chi connectivity index (χ2v) is 6.85. The van der Waals surface area contributed by atoms with E-state index in [4.69, 9.17) is 4.74 Å². The Hall–Kier alpha value is -1.08. The number of hydrogen-bond donors (Lipinski definition) is 1. The van der Waals surface area contributed by atoms with Gasteiger partial charge in [-0.1, -0.05) is 0 Å². The molecule has 0 unspecified atom stereocenters. The lowest BCUT2D eigenvalue weighted by Crippen LogP contribution is -2.28. The molecule has 1 aromatic rings. The highest BCUT2D eigenvalue weighted by molar-refractivity contribution is 9.10. The van der Waals surface area contributed by atoms with Crippen molar-refractivity contribution in [2.75, 3.05) is 25.7 Å². The third kappa shape index (κ3) is 4.66. The molecule has 0 radical (unpaired) electrons. The normalized spacial score (nSPS) is 11.1. The van der Waals surface area contributed by atoms with Crippen LogP contribution in [0.1, 0.15) is 10.4 Å². The lowest BCUT2D eigenvalue weighted by atomic mass is 10.2. The fourth-order valence-electron chi connectivity index (χ4n) is 1.26. The van der Waals surface area contributed by atoms with Gasteiger partial charge in [0.25, 0.3) is 5.91 Å². The van der Waals surface area contributed by atoms with E-state index >= 15 is 0 Å². The van der Waals surface area contributed by atoms with E-state index < -0.39 is 9.84 Å². The fraction of sp³-hybridized carbons (Fsp3) is 0.364. The van der Waals surface area contributed by atoms with Crippen LogP contribution in [-0.4, -0.2) is 40.0 Å². The summed E-state index contributed by atoms with van der Waals surface area (Å²) in [6, 6.07) is 4.89. The summed E-state index contributed by atoms with van der Waals surface area (Å²) in [4.78, 5) is 11.7. The van der Waals surface area contributed by atoms with E-state index in [1.54, 1.807) is 18.2 Å². The van der Waals surface area contributed by atoms with E-state index in [0.717, 1.165) is 6.26 Å². The Morgan fingerprint density at radius 2 is 2.11 bits per heavy atom. The highest BCUT2D eigenvalue weighted by Crippen LogP contribution is 2.25. The Labute approximate surface area is 115 Å². The first-order valence-electron chi connectivity index (χ1n) is 5.13. The molecule has 0 aliphatic rings. The van der Waals surface area contributed by atoms with Gasteiger partial charge >= 0.3 is 0 Å². The van der Waals surface area contributed by atoms with Gasteiger partial charge in [0, 0.05) is 18.4 Å². The summed E-state index contributed by atoms with van der Waals surface area (Å²) in [5.74, 6) is 0.237. The molecule has 0 aromatic heterocycles. The largest absolute Gasteiger partial charge is 0.496 e. The molecule has 7 heteroatoms. The van der Waals surface area contributed by atoms with Gasteiger partial charge < -0.3 is 10.1 Å². The average molecular weight is 336 g/mol. The molecule has 1 rings (SSSR count). The van der Waals surface area contributed by atoms with E-state index in [-0.39, 0.29) is 18.2 Å². The fourth-order valence-corrected chi connectivity index (χ4v) is 2.27. The molecular weight excluding hydrogens is 322 g/mol. The maximum absolute atomic E-state index is 11.7. The van der Waals surface area contributed by atoms with Crippen molar-refractivity contribution in [3.8, 4) is 5.75 Å². The number of amides is 1. The van der Waals surface area contributed by atoms with Crippen LogP contribution in [0, 0.1) is 0 Å². The smallest absolute Gasteiger partial charge is 0.251 e. The number of nitrogens with one attached hydrogen (secondary N) is 1. The van der Waals surface area contributed by atoms with Crippen molar-refractivity contribution >= 4 is 31.7 Å². The third-order valence-electron chi connectivity index (χ3n) is 2.17. The molecule has 0 spiro atoms. The van der Waals surface area contributed by atoms with Gasteiger partial charge in [0.2, 0.25) is 0 Å². The minimum atomic E-state index is -3.06. The molecule has 1 aromatic carbocycles. The number of benzene rings is 1. The predicted octanol–water partition coefficient (Wildman–Crippen LogP) is 1.23. The number of sulfone groups is 1. The predicted molar refractivity (Wildman–Crippen MR) is 72.7 cm³/mol. The summed E-state index contributed by atoms with van der Waals surface area (Å²) < 4.78 is 27.5. The number of carbonyl (C=O) groups excluding carboxylic acids is 1. The van der Waals surface area contributed by atoms with Gasteiger partial charge in [0.05, 0.1) is 17.3 Å². The van der Waals surface area contributed by atoms with Gasteiger partial charge in [-0.15, -0.1) is 0 Å². The maximum Gasteiger partial charge on any atom is 0.251 e. The Morgan fingerprint density at radius 1 is 1.44 bits per heavy atom. The quantitative estimate of drug-likeness (QED) is 0.878. The molecule has 0 fully saturated rings. The first kappa shape index (κ1) is 15.0. The second kappa shape index (κ2) is 6.19. The van der Waals surface area contributed by atoms with Crippen molar-refractivity contribution in [1.29, 1.82) is 0 Å². The van der Waals surface area contributed by atoms with Crippen LogP contribution >= 0.6 is 15.9 Å². The molecule has 100 valence electrons. The zero-order valence-corrected chi connectivity index (χ0v) is 12.5. The van der Waals surface area contributed by atoms with Crippen LogP contribution < -0.4 is 10.1 Å². The average Bonchev–Trinajstić information content (AvgIpc) is 2.27. The standard InChI is InChI=1S/C11H14BrNO4S/c1-17-10-4-3-8(7-9(10)12)11(14)13-5-6-18(2,15)16/h3-4,7H,5-6H2,1-2H3,(H,13,14). The topological polar surface area (TPSA) is 72.5 Å². The highest BCUT2D eigenvalue weighted by Gasteiger charge is 2.09. The molecular formula is C11H14BrNO4S. The Morgan fingerprint density at radius 3 is 2.61 bits per heavy atom. The summed E-state index contributed by atoms with van der Waals surface area (Å²) in [6.07, 6.45) is 1.13. The van der Waals surface area contributed by atoms with Crippen LogP contribution in [0.4, 0.5) is 0 Å². The molecule has 5 nitrogen and oxygen atoms in total. The highest BCUT2D eigenvalue weighted by atomic mass is 79.9. The van der Waals surface area contributed by atoms with Crippen LogP contribution in [0.2, 0.25) is 0 Å². The zero-order chi connectivity index (χ0) is 13.8. The Balaban J connectivity index is 2.65. The van der Waals surface area contributed by atoms with Crippen molar-refractivity contribution in [3.63, 3.8) is 0 Å². The molecule has 18 heavy (non-hydrogen) atoms. The molecule has 0 saturated heterocycles. The molecule has 0 aliphatic carbocycles. The molecule has 0 heterocycles. The van der Waals surface area contributed by atoms with Crippen molar-refractivity contribution in [2.45, 2.75) is 0 Å². The van der Waals surface area contributed by atoms with Crippen molar-refractivity contribution in [1.82, 2.24) is 5.32 Å². The summed E-state index contributed by atoms with van der Waals surface area (Å²) >= 11 is 3.27. The molecule has 0 bridgehead atoms. The number of hydrogen-bond acceptors (Lipinski definition) is 4. The number of halogens is 1. The number of methoxy groups -OCH3 is 1. The summed E-state index contributed by atoms with van der Waals surface area (Å²) in [5, 5.41) is 2.54. The summed E-state index contributed by atoms with van der Waals surface area (Å²) in [5.41, 5.74) is 0.441. The molecule has 1 amide bonds. The van der Waals surface area contributed by atoms with Gasteiger partial charge in [0.1, 0.15) is 15.6 Å². The van der Waals surface area contributed by atoms with Crippen molar-refractivity contribution in [3.05, 3.63) is 28.2 Å². The first-order chi connectivity index (χ1) is 8.33. The van der Waals surface area contributed by atoms with Crippen LogP contribution in [0.5, 0.6) is 5.75 Å². The van der Waals surface area contributed by atoms with Gasteiger partial charge in [-0.2, -0.15) is 0 Å². The second-order valence-electron chi connectivity index (χ2n) is 3.74. The lowest BCUT2D eigenvalue weighted by molar-refractivity contribution is 0.0956. The van der Waals surface area contributed by atoms with E-state index in [0.29, 0.717) is 15.8 Å². The minimum Gasteiger partial charge on any atom is -0.496 e. The summed E-state index contributed by atoms with van der Waals surface area (Å²) in [7, 11) is -1.53. The van der Waals surface area contributed by atoms with Crippen molar-refractivity contribution in [2.24, 2.45) is 0 Å². The van der Waals surface area contributed by atoms with E-state index in [9.17, 15) is 13.2 Å². The number of ether oxygens (including phenoxy) is 1. The number of carbonyl (C=O) groups is 1. The van der Waals surface area contributed by atoms with Gasteiger partial charge in [-0.05, 0) is 34.1 Å². The summed E-state index contributed by atoms with van der Waals surface area (Å²) in [6.45, 7) is 0.0985. The van der Waals surface area contributed by atoms with Crippen molar-refractivity contribution < 1.29 is 17.9 Å². The van der Waals surface area contributed by atoms with Crippen LogP contribution in [0.15, 0.2) is 22.7 Å². The van der Waals surface area contributed by atoms with E-state index in [2.05, 4.69) is 21.2 Å². The molecule has 0 saturated carbocycles. The monoisotopic (exact) mass is 335 g/mol. The van der Waals surface area contributed by atoms with E-state index in [1.165, 1.54) is 7.11 Å². The Kier molecular flexibility index (Phi) is 5.15. The Bertz CT molecular complexity index is 542. The minimum absolute atomic E-state index is 0.0733. The maximum atomic E-state index is 11.7. The first-order valence-corrected chi connectivity index (χ1v) is 7.98. The zero-order valence-electron chi connectivity index (χ0n) is 10.1. The van der Waals surface area contributed by atoms with Gasteiger partial charge in [0.15, 0.2) is 0 Å². The number of rotatable bonds is 5. The van der Waals surface area contributed by atoms with Crippen LogP contribution in [0.25, 0.3) is 0 Å². The van der Waals surface area contributed by atoms with E-state index in [1.807, 2.05) is 0 Å². The molecule has 0 aliphatic heterocycles. The van der Waals surface area contributed by atoms with Gasteiger partial charge in [-0.3, -0.25) is 4.79 Å². The van der Waals surface area contributed by atoms with Crippen LogP contribution in [-0.2, 0) is 9.84 Å². The lowest BCUT2D eigenvalue weighted by Gasteiger charge is -2.07. The molecule has 0 atom stereocenters. The molecule has 1 N–H and O–H groups in total. The third-order valence-corrected chi connectivity index (χ3v) is 3.74. The SMILES string of the molecule is COc1ccc(C(=O)NCCS(C)(=O)=O)cc1Br.